The molecule has 0 unspecified atom stereocenters. The van der Waals surface area contributed by atoms with Crippen LogP contribution in [0.3, 0.4) is 0 Å². The first-order valence-electron chi connectivity index (χ1n) is 10.7. The highest BCUT2D eigenvalue weighted by atomic mass is 16.5. The van der Waals surface area contributed by atoms with Gasteiger partial charge in [-0.05, 0) is 48.6 Å². The van der Waals surface area contributed by atoms with Gasteiger partial charge in [0.2, 0.25) is 0 Å². The lowest BCUT2D eigenvalue weighted by Crippen LogP contribution is -2.38. The van der Waals surface area contributed by atoms with Gasteiger partial charge in [0.25, 0.3) is 5.91 Å². The summed E-state index contributed by atoms with van der Waals surface area (Å²) in [6.45, 7) is 1.37. The Morgan fingerprint density at radius 3 is 2.62 bits per heavy atom. The van der Waals surface area contributed by atoms with E-state index in [0.29, 0.717) is 47.5 Å². The molecular formula is C25H25N3O4. The molecule has 1 amide bonds. The summed E-state index contributed by atoms with van der Waals surface area (Å²) in [7, 11) is 3.19. The number of fused-ring (bicyclic) bond motifs is 1. The van der Waals surface area contributed by atoms with Crippen molar-refractivity contribution in [3.05, 3.63) is 66.0 Å². The van der Waals surface area contributed by atoms with E-state index in [1.165, 1.54) is 11.1 Å². The Morgan fingerprint density at radius 1 is 1.06 bits per heavy atom. The second kappa shape index (κ2) is 8.42. The topological polar surface area (TPSA) is 80.6 Å². The van der Waals surface area contributed by atoms with Crippen molar-refractivity contribution in [2.24, 2.45) is 0 Å². The fourth-order valence-corrected chi connectivity index (χ4v) is 4.38. The van der Waals surface area contributed by atoms with Crippen LogP contribution in [-0.4, -0.2) is 48.3 Å². The Labute approximate surface area is 185 Å². The van der Waals surface area contributed by atoms with Crippen LogP contribution in [-0.2, 0) is 0 Å². The van der Waals surface area contributed by atoms with E-state index in [0.717, 1.165) is 18.4 Å². The van der Waals surface area contributed by atoms with E-state index in [1.54, 1.807) is 32.4 Å². The molecule has 1 aliphatic heterocycles. The molecule has 164 valence electrons. The fourth-order valence-electron chi connectivity index (χ4n) is 4.38. The fraction of sp³-hybridized carbons (Fsp3) is 0.280. The number of hydrogen-bond acceptors (Lipinski definition) is 5. The normalized spacial score (nSPS) is 14.6. The summed E-state index contributed by atoms with van der Waals surface area (Å²) < 4.78 is 16.2. The van der Waals surface area contributed by atoms with Gasteiger partial charge in [0.1, 0.15) is 11.5 Å². The maximum absolute atomic E-state index is 13.0. The number of carbonyl (C=O) groups is 1. The molecular weight excluding hydrogens is 406 g/mol. The molecule has 2 aromatic heterocycles. The second-order valence-corrected chi connectivity index (χ2v) is 8.02. The highest BCUT2D eigenvalue weighted by Crippen LogP contribution is 2.34. The van der Waals surface area contributed by atoms with Crippen LogP contribution in [0.25, 0.3) is 22.2 Å². The lowest BCUT2D eigenvalue weighted by molar-refractivity contribution is 0.0702. The molecule has 1 fully saturated rings. The lowest BCUT2D eigenvalue weighted by Gasteiger charge is -2.31. The minimum Gasteiger partial charge on any atom is -0.497 e. The zero-order valence-corrected chi connectivity index (χ0v) is 18.1. The van der Waals surface area contributed by atoms with E-state index < -0.39 is 0 Å². The van der Waals surface area contributed by atoms with Crippen LogP contribution in [0.5, 0.6) is 11.5 Å². The number of hydrogen-bond donors (Lipinski definition) is 1. The van der Waals surface area contributed by atoms with Gasteiger partial charge in [-0.2, -0.15) is 0 Å². The first-order chi connectivity index (χ1) is 15.7. The van der Waals surface area contributed by atoms with Gasteiger partial charge < -0.3 is 23.9 Å². The van der Waals surface area contributed by atoms with Crippen molar-refractivity contribution in [2.45, 2.75) is 18.8 Å². The number of amides is 1. The molecule has 7 nitrogen and oxygen atoms in total. The van der Waals surface area contributed by atoms with Crippen molar-refractivity contribution in [3.63, 3.8) is 0 Å². The molecule has 0 aliphatic carbocycles. The van der Waals surface area contributed by atoms with Crippen molar-refractivity contribution in [1.82, 2.24) is 15.0 Å². The molecule has 4 aromatic rings. The van der Waals surface area contributed by atoms with E-state index in [2.05, 4.69) is 34.4 Å². The van der Waals surface area contributed by atoms with Gasteiger partial charge in [-0.1, -0.05) is 23.4 Å². The summed E-state index contributed by atoms with van der Waals surface area (Å²) in [5, 5.41) is 5.26. The van der Waals surface area contributed by atoms with E-state index >= 15 is 0 Å². The Hall–Kier alpha value is -3.74. The number of nitrogens with zero attached hydrogens (tertiary/aromatic N) is 2. The van der Waals surface area contributed by atoms with E-state index in [1.807, 2.05) is 17.0 Å². The smallest absolute Gasteiger partial charge is 0.276 e. The zero-order chi connectivity index (χ0) is 22.1. The average Bonchev–Trinajstić information content (AvgIpc) is 3.51. The standard InChI is InChI=1S/C25H25N3O4/c1-30-18-7-8-23(31-2)19(14-18)24-15-22(27-32-24)25(29)28-11-9-16(10-12-28)21-13-17-5-3-4-6-20(17)26-21/h3-8,13-16,26H,9-12H2,1-2H3. The van der Waals surface area contributed by atoms with E-state index in [9.17, 15) is 4.79 Å². The van der Waals surface area contributed by atoms with Crippen molar-refractivity contribution >= 4 is 16.8 Å². The summed E-state index contributed by atoms with van der Waals surface area (Å²) in [6.07, 6.45) is 1.82. The number of piperidine rings is 1. The van der Waals surface area contributed by atoms with Crippen molar-refractivity contribution < 1.29 is 18.8 Å². The molecule has 0 radical (unpaired) electrons. The number of aromatic nitrogens is 2. The largest absolute Gasteiger partial charge is 0.497 e. The average molecular weight is 431 g/mol. The molecule has 7 heteroatoms. The van der Waals surface area contributed by atoms with Gasteiger partial charge in [0.05, 0.1) is 19.8 Å². The Balaban J connectivity index is 1.29. The third kappa shape index (κ3) is 3.70. The molecule has 5 rings (SSSR count). The Kier molecular flexibility index (Phi) is 5.31. The number of nitrogens with one attached hydrogen (secondary N) is 1. The number of benzene rings is 2. The highest BCUT2D eigenvalue weighted by molar-refractivity contribution is 5.93. The van der Waals surface area contributed by atoms with Crippen molar-refractivity contribution in [1.29, 1.82) is 0 Å². The van der Waals surface area contributed by atoms with Crippen LogP contribution in [0.1, 0.15) is 34.9 Å². The Morgan fingerprint density at radius 2 is 1.88 bits per heavy atom. The summed E-state index contributed by atoms with van der Waals surface area (Å²) in [5.41, 5.74) is 3.39. The first-order valence-corrected chi connectivity index (χ1v) is 10.7. The molecule has 3 heterocycles. The number of ether oxygens (including phenoxy) is 2. The Bertz CT molecular complexity index is 1220. The maximum Gasteiger partial charge on any atom is 0.276 e. The SMILES string of the molecule is COc1ccc(OC)c(-c2cc(C(=O)N3CCC(c4cc5ccccc5[nH]4)CC3)no2)c1. The number of likely N-dealkylation sites (tertiary alicyclic amines) is 1. The molecule has 1 N–H and O–H groups in total. The molecule has 32 heavy (non-hydrogen) atoms. The third-order valence-electron chi connectivity index (χ3n) is 6.17. The van der Waals surface area contributed by atoms with E-state index in [-0.39, 0.29) is 5.91 Å². The van der Waals surface area contributed by atoms with Gasteiger partial charge in [0.15, 0.2) is 11.5 Å². The monoisotopic (exact) mass is 431 g/mol. The number of carbonyl (C=O) groups excluding carboxylic acids is 1. The summed E-state index contributed by atoms with van der Waals surface area (Å²) in [4.78, 5) is 18.4. The van der Waals surface area contributed by atoms with Crippen molar-refractivity contribution in [3.8, 4) is 22.8 Å². The molecule has 0 spiro atoms. The van der Waals surface area contributed by atoms with Crippen LogP contribution < -0.4 is 9.47 Å². The zero-order valence-electron chi connectivity index (χ0n) is 18.1. The molecule has 2 aromatic carbocycles. The van der Waals surface area contributed by atoms with Crippen molar-refractivity contribution in [2.75, 3.05) is 27.3 Å². The third-order valence-corrected chi connectivity index (χ3v) is 6.17. The summed E-state index contributed by atoms with van der Waals surface area (Å²) in [5.74, 6) is 2.07. The molecule has 0 bridgehead atoms. The quantitative estimate of drug-likeness (QED) is 0.488. The summed E-state index contributed by atoms with van der Waals surface area (Å²) >= 11 is 0. The van der Waals surface area contributed by atoms with Crippen LogP contribution >= 0.6 is 0 Å². The number of H-pyrrole nitrogens is 1. The number of para-hydroxylation sites is 1. The molecule has 0 atom stereocenters. The van der Waals surface area contributed by atoms with Gasteiger partial charge in [-0.3, -0.25) is 4.79 Å². The number of aromatic amines is 1. The lowest BCUT2D eigenvalue weighted by atomic mass is 9.93. The highest BCUT2D eigenvalue weighted by Gasteiger charge is 2.27. The molecule has 1 aliphatic rings. The predicted molar refractivity (Wildman–Crippen MR) is 121 cm³/mol. The maximum atomic E-state index is 13.0. The van der Waals surface area contributed by atoms with Crippen LogP contribution in [0.4, 0.5) is 0 Å². The van der Waals surface area contributed by atoms with Gasteiger partial charge in [0, 0.05) is 36.3 Å². The second-order valence-electron chi connectivity index (χ2n) is 8.02. The van der Waals surface area contributed by atoms with Crippen LogP contribution in [0, 0.1) is 0 Å². The predicted octanol–water partition coefficient (Wildman–Crippen LogP) is 4.86. The first kappa shape index (κ1) is 20.2. The van der Waals surface area contributed by atoms with E-state index in [4.69, 9.17) is 14.0 Å². The number of methoxy groups -OCH3 is 2. The number of rotatable bonds is 5. The van der Waals surface area contributed by atoms with Crippen LogP contribution in [0.15, 0.2) is 59.1 Å². The van der Waals surface area contributed by atoms with Gasteiger partial charge in [-0.25, -0.2) is 0 Å². The van der Waals surface area contributed by atoms with Gasteiger partial charge in [-0.15, -0.1) is 0 Å². The molecule has 1 saturated heterocycles. The van der Waals surface area contributed by atoms with Crippen LogP contribution in [0.2, 0.25) is 0 Å². The minimum absolute atomic E-state index is 0.114. The molecule has 0 saturated carbocycles. The van der Waals surface area contributed by atoms with Gasteiger partial charge >= 0.3 is 0 Å². The minimum atomic E-state index is -0.114. The summed E-state index contributed by atoms with van der Waals surface area (Å²) in [6, 6.07) is 17.6.